The zero-order chi connectivity index (χ0) is 19.2. The van der Waals surface area contributed by atoms with E-state index in [4.69, 9.17) is 9.47 Å². The Morgan fingerprint density at radius 2 is 1.85 bits per heavy atom. The summed E-state index contributed by atoms with van der Waals surface area (Å²) in [5.74, 6) is 1.27. The van der Waals surface area contributed by atoms with E-state index in [0.717, 1.165) is 16.5 Å². The maximum atomic E-state index is 12.3. The first-order valence-corrected chi connectivity index (χ1v) is 8.69. The Hall–Kier alpha value is -3.28. The summed E-state index contributed by atoms with van der Waals surface area (Å²) in [5.41, 5.74) is 2.03. The number of aromatic nitrogens is 1. The average molecular weight is 366 g/mol. The lowest BCUT2D eigenvalue weighted by Crippen LogP contribution is -2.28. The number of hydrogen-bond donors (Lipinski definition) is 2. The lowest BCUT2D eigenvalue weighted by atomic mass is 10.1. The third kappa shape index (κ3) is 4.47. The number of H-pyrrole nitrogens is 1. The molecule has 0 fully saturated rings. The van der Waals surface area contributed by atoms with E-state index in [0.29, 0.717) is 30.0 Å². The molecular formula is C21H22N2O4. The van der Waals surface area contributed by atoms with Crippen molar-refractivity contribution in [1.82, 2.24) is 10.3 Å². The van der Waals surface area contributed by atoms with Gasteiger partial charge in [0.15, 0.2) is 0 Å². The van der Waals surface area contributed by atoms with Gasteiger partial charge in [-0.15, -0.1) is 0 Å². The smallest absolute Gasteiger partial charge is 0.251 e. The number of carbonyl (C=O) groups is 1. The fourth-order valence-electron chi connectivity index (χ4n) is 2.96. The summed E-state index contributed by atoms with van der Waals surface area (Å²) in [6.07, 6.45) is 0.687. The number of carbonyl (C=O) groups excluding carboxylic acids is 1. The first-order valence-electron chi connectivity index (χ1n) is 8.69. The molecule has 0 bridgehead atoms. The number of para-hydroxylation sites is 1. The SMILES string of the molecule is COc1ccc2cc(CCNC(=O)Cc3ccccc3OC)c(=O)[nH]c2c1. The number of methoxy groups -OCH3 is 2. The minimum atomic E-state index is -0.158. The number of ether oxygens (including phenoxy) is 2. The maximum absolute atomic E-state index is 12.3. The molecule has 0 atom stereocenters. The van der Waals surface area contributed by atoms with Crippen LogP contribution >= 0.6 is 0 Å². The van der Waals surface area contributed by atoms with Gasteiger partial charge in [0.1, 0.15) is 11.5 Å². The summed E-state index contributed by atoms with van der Waals surface area (Å²) in [6.45, 7) is 0.388. The number of benzene rings is 2. The van der Waals surface area contributed by atoms with Crippen LogP contribution < -0.4 is 20.3 Å². The van der Waals surface area contributed by atoms with Gasteiger partial charge in [0.25, 0.3) is 5.56 Å². The average Bonchev–Trinajstić information content (AvgIpc) is 2.68. The second kappa shape index (κ2) is 8.40. The van der Waals surface area contributed by atoms with Crippen molar-refractivity contribution in [3.8, 4) is 11.5 Å². The summed E-state index contributed by atoms with van der Waals surface area (Å²) in [6, 6.07) is 14.8. The molecule has 2 N–H and O–H groups in total. The quantitative estimate of drug-likeness (QED) is 0.673. The van der Waals surface area contributed by atoms with Gasteiger partial charge in [-0.1, -0.05) is 18.2 Å². The Morgan fingerprint density at radius 3 is 2.63 bits per heavy atom. The van der Waals surface area contributed by atoms with Gasteiger partial charge in [-0.05, 0) is 36.1 Å². The van der Waals surface area contributed by atoms with Crippen LogP contribution in [0.4, 0.5) is 0 Å². The summed E-state index contributed by atoms with van der Waals surface area (Å²) >= 11 is 0. The predicted molar refractivity (Wildman–Crippen MR) is 105 cm³/mol. The van der Waals surface area contributed by atoms with E-state index in [9.17, 15) is 9.59 Å². The van der Waals surface area contributed by atoms with E-state index < -0.39 is 0 Å². The van der Waals surface area contributed by atoms with E-state index in [-0.39, 0.29) is 17.9 Å². The van der Waals surface area contributed by atoms with E-state index in [1.165, 1.54) is 0 Å². The molecule has 6 nitrogen and oxygen atoms in total. The molecule has 0 radical (unpaired) electrons. The molecule has 27 heavy (non-hydrogen) atoms. The fraction of sp³-hybridized carbons (Fsp3) is 0.238. The van der Waals surface area contributed by atoms with Gasteiger partial charge in [-0.3, -0.25) is 9.59 Å². The molecule has 0 saturated carbocycles. The number of rotatable bonds is 7. The van der Waals surface area contributed by atoms with Crippen LogP contribution in [0.2, 0.25) is 0 Å². The first-order chi connectivity index (χ1) is 13.1. The summed E-state index contributed by atoms with van der Waals surface area (Å²) < 4.78 is 10.4. The third-order valence-corrected chi connectivity index (χ3v) is 4.39. The number of fused-ring (bicyclic) bond motifs is 1. The first kappa shape index (κ1) is 18.5. The third-order valence-electron chi connectivity index (χ3n) is 4.39. The van der Waals surface area contributed by atoms with Gasteiger partial charge in [-0.2, -0.15) is 0 Å². The second-order valence-corrected chi connectivity index (χ2v) is 6.17. The normalized spacial score (nSPS) is 10.6. The molecule has 0 aliphatic rings. The van der Waals surface area contributed by atoms with E-state index >= 15 is 0 Å². The van der Waals surface area contributed by atoms with Crippen LogP contribution in [-0.4, -0.2) is 31.7 Å². The summed E-state index contributed by atoms with van der Waals surface area (Å²) in [4.78, 5) is 27.3. The van der Waals surface area contributed by atoms with E-state index in [1.807, 2.05) is 42.5 Å². The molecule has 0 aliphatic heterocycles. The molecule has 3 rings (SSSR count). The lowest BCUT2D eigenvalue weighted by molar-refractivity contribution is -0.120. The van der Waals surface area contributed by atoms with Crippen molar-refractivity contribution in [2.24, 2.45) is 0 Å². The Labute approximate surface area is 157 Å². The van der Waals surface area contributed by atoms with Crippen LogP contribution in [0.15, 0.2) is 53.3 Å². The molecule has 0 aliphatic carbocycles. The van der Waals surface area contributed by atoms with Crippen LogP contribution in [0.3, 0.4) is 0 Å². The van der Waals surface area contributed by atoms with Crippen LogP contribution in [0, 0.1) is 0 Å². The van der Waals surface area contributed by atoms with Crippen LogP contribution in [0.25, 0.3) is 10.9 Å². The molecule has 6 heteroatoms. The second-order valence-electron chi connectivity index (χ2n) is 6.17. The Balaban J connectivity index is 1.62. The van der Waals surface area contributed by atoms with Crippen molar-refractivity contribution in [3.63, 3.8) is 0 Å². The maximum Gasteiger partial charge on any atom is 0.251 e. The zero-order valence-electron chi connectivity index (χ0n) is 15.4. The Morgan fingerprint density at radius 1 is 1.04 bits per heavy atom. The zero-order valence-corrected chi connectivity index (χ0v) is 15.4. The largest absolute Gasteiger partial charge is 0.497 e. The summed E-state index contributed by atoms with van der Waals surface area (Å²) in [7, 11) is 3.17. The minimum absolute atomic E-state index is 0.110. The van der Waals surface area contributed by atoms with Gasteiger partial charge in [0.05, 0.1) is 26.2 Å². The van der Waals surface area contributed by atoms with E-state index in [2.05, 4.69) is 10.3 Å². The van der Waals surface area contributed by atoms with Crippen molar-refractivity contribution < 1.29 is 14.3 Å². The number of aromatic amines is 1. The Kier molecular flexibility index (Phi) is 5.76. The highest BCUT2D eigenvalue weighted by Crippen LogP contribution is 2.19. The Bertz CT molecular complexity index is 1010. The van der Waals surface area contributed by atoms with Crippen molar-refractivity contribution in [1.29, 1.82) is 0 Å². The monoisotopic (exact) mass is 366 g/mol. The highest BCUT2D eigenvalue weighted by molar-refractivity contribution is 5.81. The van der Waals surface area contributed by atoms with E-state index in [1.54, 1.807) is 20.3 Å². The molecular weight excluding hydrogens is 344 g/mol. The van der Waals surface area contributed by atoms with Gasteiger partial charge in [0.2, 0.25) is 5.91 Å². The number of amides is 1. The van der Waals surface area contributed by atoms with Gasteiger partial charge < -0.3 is 19.8 Å². The van der Waals surface area contributed by atoms with Crippen molar-refractivity contribution >= 4 is 16.8 Å². The highest BCUT2D eigenvalue weighted by Gasteiger charge is 2.09. The number of nitrogens with one attached hydrogen (secondary N) is 2. The molecule has 140 valence electrons. The predicted octanol–water partition coefficient (Wildman–Crippen LogP) is 2.45. The van der Waals surface area contributed by atoms with Crippen LogP contribution in [0.1, 0.15) is 11.1 Å². The molecule has 0 spiro atoms. The molecule has 0 unspecified atom stereocenters. The molecule has 1 amide bonds. The highest BCUT2D eigenvalue weighted by atomic mass is 16.5. The molecule has 2 aromatic carbocycles. The molecule has 0 saturated heterocycles. The minimum Gasteiger partial charge on any atom is -0.497 e. The lowest BCUT2D eigenvalue weighted by Gasteiger charge is -2.09. The van der Waals surface area contributed by atoms with Crippen molar-refractivity contribution in [2.75, 3.05) is 20.8 Å². The molecule has 3 aromatic rings. The van der Waals surface area contributed by atoms with Crippen LogP contribution in [-0.2, 0) is 17.6 Å². The molecule has 1 aromatic heterocycles. The van der Waals surface area contributed by atoms with Crippen molar-refractivity contribution in [2.45, 2.75) is 12.8 Å². The number of pyridine rings is 1. The van der Waals surface area contributed by atoms with Crippen LogP contribution in [0.5, 0.6) is 11.5 Å². The topological polar surface area (TPSA) is 80.4 Å². The molecule has 1 heterocycles. The van der Waals surface area contributed by atoms with Gasteiger partial charge in [0, 0.05) is 23.7 Å². The fourth-order valence-corrected chi connectivity index (χ4v) is 2.96. The summed E-state index contributed by atoms with van der Waals surface area (Å²) in [5, 5.41) is 3.78. The van der Waals surface area contributed by atoms with Gasteiger partial charge in [-0.25, -0.2) is 0 Å². The van der Waals surface area contributed by atoms with Gasteiger partial charge >= 0.3 is 0 Å². The standard InChI is InChI=1S/C21H22N2O4/c1-26-17-8-7-14-11-16(21(25)23-18(14)13-17)9-10-22-20(24)12-15-5-3-4-6-19(15)27-2/h3-8,11,13H,9-10,12H2,1-2H3,(H,22,24)(H,23,25). The number of hydrogen-bond acceptors (Lipinski definition) is 4. The van der Waals surface area contributed by atoms with Crippen molar-refractivity contribution in [3.05, 3.63) is 70.0 Å².